The van der Waals surface area contributed by atoms with Crippen molar-refractivity contribution in [2.24, 2.45) is 0 Å². The predicted molar refractivity (Wildman–Crippen MR) is 70.6 cm³/mol. The van der Waals surface area contributed by atoms with Crippen molar-refractivity contribution in [1.82, 2.24) is 14.1 Å². The molecule has 20 heavy (non-hydrogen) atoms. The van der Waals surface area contributed by atoms with Crippen LogP contribution in [0.5, 0.6) is 0 Å². The van der Waals surface area contributed by atoms with Crippen molar-refractivity contribution in [2.75, 3.05) is 13.6 Å². The number of carboxylic acids is 1. The molecule has 0 amide bonds. The molecule has 114 valence electrons. The Hall–Kier alpha value is -1.45. The number of nitrogens with zero attached hydrogens (tertiary/aromatic N) is 3. The largest absolute Gasteiger partial charge is 0.481 e. The first-order valence-corrected chi connectivity index (χ1v) is 7.56. The van der Waals surface area contributed by atoms with Crippen molar-refractivity contribution in [1.29, 1.82) is 0 Å². The highest BCUT2D eigenvalue weighted by Crippen LogP contribution is 2.14. The number of aliphatic hydroxyl groups excluding tert-OH is 1. The van der Waals surface area contributed by atoms with E-state index in [2.05, 4.69) is 5.10 Å². The van der Waals surface area contributed by atoms with Crippen LogP contribution in [0, 0.1) is 0 Å². The molecule has 8 nitrogen and oxygen atoms in total. The van der Waals surface area contributed by atoms with Gasteiger partial charge >= 0.3 is 5.97 Å². The SMILES string of the molecule is CC(O)CCN(C)S(=O)(=O)c1cnn(CCC(=O)O)c1. The van der Waals surface area contributed by atoms with Gasteiger partial charge in [-0.1, -0.05) is 0 Å². The molecule has 1 unspecified atom stereocenters. The zero-order valence-electron chi connectivity index (χ0n) is 11.4. The smallest absolute Gasteiger partial charge is 0.305 e. The molecule has 0 bridgehead atoms. The zero-order valence-corrected chi connectivity index (χ0v) is 12.2. The lowest BCUT2D eigenvalue weighted by atomic mass is 10.3. The average molecular weight is 305 g/mol. The molecule has 0 aliphatic heterocycles. The van der Waals surface area contributed by atoms with Crippen molar-refractivity contribution in [3.8, 4) is 0 Å². The van der Waals surface area contributed by atoms with Crippen LogP contribution < -0.4 is 0 Å². The molecule has 0 saturated heterocycles. The lowest BCUT2D eigenvalue weighted by molar-refractivity contribution is -0.137. The van der Waals surface area contributed by atoms with Gasteiger partial charge in [-0.2, -0.15) is 5.10 Å². The fourth-order valence-corrected chi connectivity index (χ4v) is 2.62. The summed E-state index contributed by atoms with van der Waals surface area (Å²) in [5.41, 5.74) is 0. The number of aryl methyl sites for hydroxylation is 1. The van der Waals surface area contributed by atoms with Crippen molar-refractivity contribution in [3.05, 3.63) is 12.4 Å². The maximum atomic E-state index is 12.2. The minimum absolute atomic E-state index is 0.0102. The highest BCUT2D eigenvalue weighted by Gasteiger charge is 2.22. The molecule has 0 aliphatic rings. The van der Waals surface area contributed by atoms with Gasteiger partial charge in [0.05, 0.1) is 25.3 Å². The van der Waals surface area contributed by atoms with E-state index in [0.717, 1.165) is 4.31 Å². The first kappa shape index (κ1) is 16.6. The number of hydrogen-bond acceptors (Lipinski definition) is 5. The van der Waals surface area contributed by atoms with E-state index in [4.69, 9.17) is 5.11 Å². The number of sulfonamides is 1. The number of aliphatic hydroxyl groups is 1. The molecule has 0 fully saturated rings. The van der Waals surface area contributed by atoms with Crippen LogP contribution in [0.3, 0.4) is 0 Å². The summed E-state index contributed by atoms with van der Waals surface area (Å²) in [7, 11) is -2.24. The van der Waals surface area contributed by atoms with Gasteiger partial charge in [-0.15, -0.1) is 0 Å². The number of aromatic nitrogens is 2. The summed E-state index contributed by atoms with van der Waals surface area (Å²) in [6.07, 6.45) is 2.13. The summed E-state index contributed by atoms with van der Waals surface area (Å²) in [4.78, 5) is 10.5. The molecule has 0 spiro atoms. The van der Waals surface area contributed by atoms with E-state index in [1.165, 1.54) is 24.1 Å². The summed E-state index contributed by atoms with van der Waals surface area (Å²) in [6, 6.07) is 0. The summed E-state index contributed by atoms with van der Waals surface area (Å²) in [6.45, 7) is 1.90. The van der Waals surface area contributed by atoms with Gasteiger partial charge in [0, 0.05) is 19.8 Å². The molecule has 0 radical (unpaired) electrons. The third kappa shape index (κ3) is 4.58. The number of hydrogen-bond donors (Lipinski definition) is 2. The fraction of sp³-hybridized carbons (Fsp3) is 0.636. The zero-order chi connectivity index (χ0) is 15.3. The Morgan fingerprint density at radius 1 is 1.55 bits per heavy atom. The molecule has 0 aliphatic carbocycles. The molecule has 0 aromatic carbocycles. The molecule has 1 rings (SSSR count). The Labute approximate surface area is 117 Å². The summed E-state index contributed by atoms with van der Waals surface area (Å²) < 4.78 is 26.8. The molecule has 1 aromatic rings. The first-order chi connectivity index (χ1) is 9.23. The molecule has 2 N–H and O–H groups in total. The molecular formula is C11H19N3O5S. The highest BCUT2D eigenvalue weighted by molar-refractivity contribution is 7.89. The van der Waals surface area contributed by atoms with Gasteiger partial charge in [0.2, 0.25) is 10.0 Å². The van der Waals surface area contributed by atoms with Crippen LogP contribution in [-0.4, -0.2) is 58.4 Å². The van der Waals surface area contributed by atoms with E-state index < -0.39 is 22.1 Å². The van der Waals surface area contributed by atoms with Crippen LogP contribution >= 0.6 is 0 Å². The lowest BCUT2D eigenvalue weighted by Crippen LogP contribution is -2.29. The number of rotatable bonds is 8. The molecule has 9 heteroatoms. The van der Waals surface area contributed by atoms with Crippen LogP contribution in [0.4, 0.5) is 0 Å². The molecule has 1 atom stereocenters. The second-order valence-corrected chi connectivity index (χ2v) is 6.59. The van der Waals surface area contributed by atoms with Crippen LogP contribution in [0.25, 0.3) is 0 Å². The van der Waals surface area contributed by atoms with Gasteiger partial charge in [-0.25, -0.2) is 12.7 Å². The molecule has 0 saturated carbocycles. The summed E-state index contributed by atoms with van der Waals surface area (Å²) in [5.74, 6) is -0.973. The lowest BCUT2D eigenvalue weighted by Gasteiger charge is -2.16. The second kappa shape index (κ2) is 6.82. The number of carboxylic acid groups (broad SMARTS) is 1. The summed E-state index contributed by atoms with van der Waals surface area (Å²) in [5, 5.41) is 21.6. The van der Waals surface area contributed by atoms with Crippen molar-refractivity contribution < 1.29 is 23.4 Å². The Kier molecular flexibility index (Phi) is 5.66. The van der Waals surface area contributed by atoms with E-state index >= 15 is 0 Å². The minimum atomic E-state index is -3.66. The van der Waals surface area contributed by atoms with E-state index in [0.29, 0.717) is 6.42 Å². The van der Waals surface area contributed by atoms with Gasteiger partial charge < -0.3 is 10.2 Å². The third-order valence-corrected chi connectivity index (χ3v) is 4.54. The molecule has 1 aromatic heterocycles. The van der Waals surface area contributed by atoms with Crippen LogP contribution in [0.1, 0.15) is 19.8 Å². The standard InChI is InChI=1S/C11H19N3O5S/c1-9(15)3-5-13(2)20(18,19)10-7-12-14(8-10)6-4-11(16)17/h7-9,15H,3-6H2,1-2H3,(H,16,17). The Bertz CT molecular complexity index is 552. The van der Waals surface area contributed by atoms with E-state index in [9.17, 15) is 18.3 Å². The number of aliphatic carboxylic acids is 1. The van der Waals surface area contributed by atoms with Crippen molar-refractivity contribution >= 4 is 16.0 Å². The van der Waals surface area contributed by atoms with Gasteiger partial charge in [-0.05, 0) is 13.3 Å². The van der Waals surface area contributed by atoms with Crippen molar-refractivity contribution in [2.45, 2.75) is 37.3 Å². The quantitative estimate of drug-likeness (QED) is 0.685. The van der Waals surface area contributed by atoms with Gasteiger partial charge in [0.25, 0.3) is 0 Å². The highest BCUT2D eigenvalue weighted by atomic mass is 32.2. The van der Waals surface area contributed by atoms with Gasteiger partial charge in [-0.3, -0.25) is 9.48 Å². The minimum Gasteiger partial charge on any atom is -0.481 e. The summed E-state index contributed by atoms with van der Waals surface area (Å²) >= 11 is 0. The maximum absolute atomic E-state index is 12.2. The fourth-order valence-electron chi connectivity index (χ4n) is 1.48. The van der Waals surface area contributed by atoms with E-state index in [1.807, 2.05) is 0 Å². The Balaban J connectivity index is 2.74. The van der Waals surface area contributed by atoms with Crippen molar-refractivity contribution in [3.63, 3.8) is 0 Å². The van der Waals surface area contributed by atoms with Gasteiger partial charge in [0.1, 0.15) is 4.90 Å². The Morgan fingerprint density at radius 2 is 2.20 bits per heavy atom. The number of carbonyl (C=O) groups is 1. The second-order valence-electron chi connectivity index (χ2n) is 4.55. The van der Waals surface area contributed by atoms with E-state index in [-0.39, 0.29) is 24.4 Å². The van der Waals surface area contributed by atoms with Crippen LogP contribution in [0.15, 0.2) is 17.3 Å². The first-order valence-electron chi connectivity index (χ1n) is 6.12. The van der Waals surface area contributed by atoms with Gasteiger partial charge in [0.15, 0.2) is 0 Å². The van der Waals surface area contributed by atoms with Crippen LogP contribution in [0.2, 0.25) is 0 Å². The normalized spacial score (nSPS) is 13.6. The average Bonchev–Trinajstić information content (AvgIpc) is 2.82. The monoisotopic (exact) mass is 305 g/mol. The predicted octanol–water partition coefficient (Wildman–Crippen LogP) is -0.251. The topological polar surface area (TPSA) is 113 Å². The van der Waals surface area contributed by atoms with Crippen LogP contribution in [-0.2, 0) is 21.4 Å². The molecule has 1 heterocycles. The third-order valence-electron chi connectivity index (χ3n) is 2.73. The van der Waals surface area contributed by atoms with E-state index in [1.54, 1.807) is 6.92 Å². The maximum Gasteiger partial charge on any atom is 0.305 e. The Morgan fingerprint density at radius 3 is 2.75 bits per heavy atom. The molecular weight excluding hydrogens is 286 g/mol.